The van der Waals surface area contributed by atoms with E-state index in [2.05, 4.69) is 17.1 Å². The van der Waals surface area contributed by atoms with Crippen molar-refractivity contribution in [1.29, 1.82) is 0 Å². The van der Waals surface area contributed by atoms with Gasteiger partial charge in [0.25, 0.3) is 5.89 Å². The third kappa shape index (κ3) is 3.07. The number of nitrogens with zero attached hydrogens (tertiary/aromatic N) is 2. The minimum absolute atomic E-state index is 0.278. The van der Waals surface area contributed by atoms with E-state index in [1.54, 1.807) is 0 Å². The maximum Gasteiger partial charge on any atom is 0.253 e. The standard InChI is InChI=1S/C13H17N3O2/c1-9-3-4-11(7-10(9)2)17-8-13-16-15-12(18-13)5-6-14/h3-4,7H,5-6,8,14H2,1-2H3. The summed E-state index contributed by atoms with van der Waals surface area (Å²) in [5.74, 6) is 1.82. The first-order chi connectivity index (χ1) is 8.69. The van der Waals surface area contributed by atoms with Crippen LogP contribution in [0.25, 0.3) is 0 Å². The van der Waals surface area contributed by atoms with Gasteiger partial charge in [0, 0.05) is 13.0 Å². The van der Waals surface area contributed by atoms with Crippen molar-refractivity contribution in [2.24, 2.45) is 5.73 Å². The Bertz CT molecular complexity index is 523. The third-order valence-electron chi connectivity index (χ3n) is 2.71. The predicted molar refractivity (Wildman–Crippen MR) is 67.3 cm³/mol. The van der Waals surface area contributed by atoms with Crippen molar-refractivity contribution < 1.29 is 9.15 Å². The highest BCUT2D eigenvalue weighted by atomic mass is 16.5. The Hall–Kier alpha value is -1.88. The van der Waals surface area contributed by atoms with E-state index in [0.717, 1.165) is 5.75 Å². The molecule has 0 aliphatic heterocycles. The van der Waals surface area contributed by atoms with Crippen LogP contribution in [0.5, 0.6) is 5.75 Å². The van der Waals surface area contributed by atoms with Gasteiger partial charge in [-0.1, -0.05) is 6.07 Å². The second-order valence-corrected chi connectivity index (χ2v) is 4.16. The van der Waals surface area contributed by atoms with Crippen molar-refractivity contribution in [2.45, 2.75) is 26.9 Å². The molecule has 96 valence electrons. The van der Waals surface area contributed by atoms with Gasteiger partial charge in [0.05, 0.1) is 0 Å². The van der Waals surface area contributed by atoms with Crippen LogP contribution in [-0.4, -0.2) is 16.7 Å². The first-order valence-electron chi connectivity index (χ1n) is 5.90. The second-order valence-electron chi connectivity index (χ2n) is 4.16. The molecule has 0 fully saturated rings. The van der Waals surface area contributed by atoms with Crippen LogP contribution in [0.2, 0.25) is 0 Å². The van der Waals surface area contributed by atoms with E-state index in [1.807, 2.05) is 25.1 Å². The van der Waals surface area contributed by atoms with E-state index < -0.39 is 0 Å². The maximum absolute atomic E-state index is 5.59. The van der Waals surface area contributed by atoms with Gasteiger partial charge in [0.1, 0.15) is 5.75 Å². The van der Waals surface area contributed by atoms with Crippen LogP contribution in [0.4, 0.5) is 0 Å². The SMILES string of the molecule is Cc1ccc(OCc2nnc(CCN)o2)cc1C. The lowest BCUT2D eigenvalue weighted by Crippen LogP contribution is -2.02. The van der Waals surface area contributed by atoms with E-state index >= 15 is 0 Å². The smallest absolute Gasteiger partial charge is 0.253 e. The molecule has 5 heteroatoms. The predicted octanol–water partition coefficient (Wildman–Crippen LogP) is 1.77. The molecular weight excluding hydrogens is 230 g/mol. The fourth-order valence-corrected chi connectivity index (χ4v) is 1.52. The van der Waals surface area contributed by atoms with Crippen molar-refractivity contribution >= 4 is 0 Å². The van der Waals surface area contributed by atoms with Gasteiger partial charge < -0.3 is 14.9 Å². The quantitative estimate of drug-likeness (QED) is 0.871. The number of hydrogen-bond donors (Lipinski definition) is 1. The zero-order chi connectivity index (χ0) is 13.0. The molecule has 1 aromatic carbocycles. The zero-order valence-electron chi connectivity index (χ0n) is 10.6. The number of aromatic nitrogens is 2. The summed E-state index contributed by atoms with van der Waals surface area (Å²) in [4.78, 5) is 0. The Morgan fingerprint density at radius 1 is 1.17 bits per heavy atom. The van der Waals surface area contributed by atoms with Crippen molar-refractivity contribution in [3.05, 3.63) is 41.1 Å². The van der Waals surface area contributed by atoms with Gasteiger partial charge in [-0.2, -0.15) is 0 Å². The monoisotopic (exact) mass is 247 g/mol. The number of rotatable bonds is 5. The highest BCUT2D eigenvalue weighted by Gasteiger charge is 2.06. The lowest BCUT2D eigenvalue weighted by molar-refractivity contribution is 0.259. The molecular formula is C13H17N3O2. The molecule has 0 bridgehead atoms. The Morgan fingerprint density at radius 3 is 2.67 bits per heavy atom. The number of aryl methyl sites for hydroxylation is 2. The van der Waals surface area contributed by atoms with Gasteiger partial charge in [-0.25, -0.2) is 0 Å². The molecule has 2 rings (SSSR count). The number of nitrogens with two attached hydrogens (primary N) is 1. The fourth-order valence-electron chi connectivity index (χ4n) is 1.52. The van der Waals surface area contributed by atoms with Crippen molar-refractivity contribution in [3.8, 4) is 5.75 Å². The molecule has 2 aromatic rings. The Labute approximate surface area is 106 Å². The van der Waals surface area contributed by atoms with Crippen LogP contribution in [0.3, 0.4) is 0 Å². The molecule has 0 saturated carbocycles. The molecule has 0 aliphatic carbocycles. The van der Waals surface area contributed by atoms with Crippen LogP contribution in [-0.2, 0) is 13.0 Å². The summed E-state index contributed by atoms with van der Waals surface area (Å²) in [6, 6.07) is 5.95. The van der Waals surface area contributed by atoms with Crippen LogP contribution >= 0.6 is 0 Å². The van der Waals surface area contributed by atoms with E-state index in [-0.39, 0.29) is 6.61 Å². The van der Waals surface area contributed by atoms with Gasteiger partial charge in [-0.3, -0.25) is 0 Å². The summed E-state index contributed by atoms with van der Waals surface area (Å²) in [6.45, 7) is 4.89. The summed E-state index contributed by atoms with van der Waals surface area (Å²) in [7, 11) is 0. The third-order valence-corrected chi connectivity index (χ3v) is 2.71. The van der Waals surface area contributed by atoms with Crippen LogP contribution in [0.1, 0.15) is 22.9 Å². The van der Waals surface area contributed by atoms with Gasteiger partial charge in [-0.05, 0) is 37.1 Å². The van der Waals surface area contributed by atoms with Crippen molar-refractivity contribution in [3.63, 3.8) is 0 Å². The topological polar surface area (TPSA) is 74.2 Å². The minimum Gasteiger partial charge on any atom is -0.484 e. The van der Waals surface area contributed by atoms with Crippen LogP contribution < -0.4 is 10.5 Å². The highest BCUT2D eigenvalue weighted by molar-refractivity contribution is 5.33. The average molecular weight is 247 g/mol. The molecule has 0 radical (unpaired) electrons. The summed E-state index contributed by atoms with van der Waals surface area (Å²) in [6.07, 6.45) is 0.594. The van der Waals surface area contributed by atoms with Gasteiger partial charge >= 0.3 is 0 Å². The summed E-state index contributed by atoms with van der Waals surface area (Å²) >= 11 is 0. The zero-order valence-corrected chi connectivity index (χ0v) is 10.6. The summed E-state index contributed by atoms with van der Waals surface area (Å²) in [5.41, 5.74) is 7.84. The molecule has 2 N–H and O–H groups in total. The number of ether oxygens (including phenoxy) is 1. The van der Waals surface area contributed by atoms with E-state index in [1.165, 1.54) is 11.1 Å². The van der Waals surface area contributed by atoms with Gasteiger partial charge in [-0.15, -0.1) is 10.2 Å². The van der Waals surface area contributed by atoms with E-state index in [0.29, 0.717) is 24.7 Å². The number of hydrogen-bond acceptors (Lipinski definition) is 5. The fraction of sp³-hybridized carbons (Fsp3) is 0.385. The first kappa shape index (κ1) is 12.6. The van der Waals surface area contributed by atoms with Crippen LogP contribution in [0, 0.1) is 13.8 Å². The van der Waals surface area contributed by atoms with Crippen molar-refractivity contribution in [2.75, 3.05) is 6.54 Å². The molecule has 0 atom stereocenters. The normalized spacial score (nSPS) is 10.6. The molecule has 0 aliphatic rings. The first-order valence-corrected chi connectivity index (χ1v) is 5.90. The highest BCUT2D eigenvalue weighted by Crippen LogP contribution is 2.17. The summed E-state index contributed by atoms with van der Waals surface area (Å²) in [5, 5.41) is 7.77. The number of benzene rings is 1. The molecule has 0 spiro atoms. The molecule has 1 aromatic heterocycles. The van der Waals surface area contributed by atoms with Crippen LogP contribution in [0.15, 0.2) is 22.6 Å². The molecule has 0 amide bonds. The largest absolute Gasteiger partial charge is 0.484 e. The van der Waals surface area contributed by atoms with Gasteiger partial charge in [0.15, 0.2) is 6.61 Å². The maximum atomic E-state index is 5.59. The molecule has 0 saturated heterocycles. The molecule has 5 nitrogen and oxygen atoms in total. The average Bonchev–Trinajstić information content (AvgIpc) is 2.79. The molecule has 1 heterocycles. The minimum atomic E-state index is 0.278. The van der Waals surface area contributed by atoms with E-state index in [9.17, 15) is 0 Å². The van der Waals surface area contributed by atoms with E-state index in [4.69, 9.17) is 14.9 Å². The Balaban J connectivity index is 1.95. The Morgan fingerprint density at radius 2 is 1.94 bits per heavy atom. The lowest BCUT2D eigenvalue weighted by Gasteiger charge is -2.05. The Kier molecular flexibility index (Phi) is 3.94. The second kappa shape index (κ2) is 5.64. The van der Waals surface area contributed by atoms with Gasteiger partial charge in [0.2, 0.25) is 5.89 Å². The van der Waals surface area contributed by atoms with Crippen molar-refractivity contribution in [1.82, 2.24) is 10.2 Å². The molecule has 18 heavy (non-hydrogen) atoms. The summed E-state index contributed by atoms with van der Waals surface area (Å²) < 4.78 is 11.0. The molecule has 0 unspecified atom stereocenters. The lowest BCUT2D eigenvalue weighted by atomic mass is 10.1.